The van der Waals surface area contributed by atoms with Crippen LogP contribution in [0.5, 0.6) is 0 Å². The van der Waals surface area contributed by atoms with E-state index in [2.05, 4.69) is 0 Å². The minimum Gasteiger partial charge on any atom is -0.784 e. The van der Waals surface area contributed by atoms with Gasteiger partial charge in [-0.25, -0.2) is 0 Å². The van der Waals surface area contributed by atoms with Gasteiger partial charge in [0.25, 0.3) is 0 Å². The predicted octanol–water partition coefficient (Wildman–Crippen LogP) is 5.07. The van der Waals surface area contributed by atoms with E-state index >= 15 is 0 Å². The van der Waals surface area contributed by atoms with Gasteiger partial charge in [0.1, 0.15) is 0 Å². The molecule has 1 fully saturated rings. The lowest BCUT2D eigenvalue weighted by molar-refractivity contribution is -0.137. The molecule has 21 heavy (non-hydrogen) atoms. The number of nitrogens with zero attached hydrogens (tertiary/aromatic N) is 1. The highest BCUT2D eigenvalue weighted by Crippen LogP contribution is 2.49. The fraction of sp³-hybridized carbons (Fsp3) is 0.625. The van der Waals surface area contributed by atoms with E-state index in [1.165, 1.54) is 6.07 Å². The van der Waals surface area contributed by atoms with Gasteiger partial charge in [-0.1, -0.05) is 26.0 Å². The van der Waals surface area contributed by atoms with E-state index in [9.17, 15) is 18.4 Å². The van der Waals surface area contributed by atoms with Gasteiger partial charge in [0.15, 0.2) is 0 Å². The van der Waals surface area contributed by atoms with E-state index in [1.54, 1.807) is 13.0 Å². The maximum Gasteiger partial charge on any atom is 0.416 e. The molecule has 1 aromatic carbocycles. The van der Waals surface area contributed by atoms with E-state index in [0.717, 1.165) is 23.6 Å². The van der Waals surface area contributed by atoms with Gasteiger partial charge in [-0.15, -0.1) is 0 Å². The lowest BCUT2D eigenvalue weighted by Gasteiger charge is -2.51. The number of hydrogen-bond donors (Lipinski definition) is 0. The highest BCUT2D eigenvalue weighted by Gasteiger charge is 2.46. The van der Waals surface area contributed by atoms with E-state index in [0.29, 0.717) is 24.8 Å². The van der Waals surface area contributed by atoms with Crippen molar-refractivity contribution in [2.45, 2.75) is 63.7 Å². The fourth-order valence-corrected chi connectivity index (χ4v) is 3.39. The van der Waals surface area contributed by atoms with Crippen LogP contribution in [0.2, 0.25) is 0 Å². The fourth-order valence-electron chi connectivity index (χ4n) is 3.39. The Morgan fingerprint density at radius 1 is 1.19 bits per heavy atom. The van der Waals surface area contributed by atoms with E-state index in [1.807, 2.05) is 13.8 Å². The molecule has 1 unspecified atom stereocenters. The lowest BCUT2D eigenvalue weighted by Crippen LogP contribution is -2.47. The van der Waals surface area contributed by atoms with Crippen molar-refractivity contribution >= 4 is 0 Å². The Kier molecular flexibility index (Phi) is 4.10. The quantitative estimate of drug-likeness (QED) is 0.778. The number of rotatable bonds is 3. The summed E-state index contributed by atoms with van der Waals surface area (Å²) in [5, 5.41) is 13.9. The maximum absolute atomic E-state index is 12.9. The summed E-state index contributed by atoms with van der Waals surface area (Å²) in [6.07, 6.45) is -1.66. The molecule has 0 bridgehead atoms. The molecule has 0 N–H and O–H groups in total. The zero-order chi connectivity index (χ0) is 15.9. The first-order valence-corrected chi connectivity index (χ1v) is 7.35. The van der Waals surface area contributed by atoms with Gasteiger partial charge >= 0.3 is 6.18 Å². The zero-order valence-corrected chi connectivity index (χ0v) is 12.6. The average molecular weight is 300 g/mol. The molecule has 2 nitrogen and oxygen atoms in total. The van der Waals surface area contributed by atoms with Crippen molar-refractivity contribution in [2.24, 2.45) is 0 Å². The van der Waals surface area contributed by atoms with E-state index < -0.39 is 22.8 Å². The Morgan fingerprint density at radius 2 is 1.81 bits per heavy atom. The highest BCUT2D eigenvalue weighted by atomic mass is 19.4. The number of halogens is 3. The highest BCUT2D eigenvalue weighted by molar-refractivity contribution is 5.33. The summed E-state index contributed by atoms with van der Waals surface area (Å²) in [6.45, 7) is 5.68. The van der Waals surface area contributed by atoms with Crippen LogP contribution < -0.4 is 0 Å². The van der Waals surface area contributed by atoms with Crippen LogP contribution >= 0.6 is 0 Å². The molecule has 0 aliphatic carbocycles. The summed E-state index contributed by atoms with van der Waals surface area (Å²) in [5.74, 6) is 0. The first kappa shape index (κ1) is 16.3. The normalized spacial score (nSPS) is 26.2. The Morgan fingerprint density at radius 3 is 2.29 bits per heavy atom. The molecule has 0 spiro atoms. The topological polar surface area (TPSA) is 26.3 Å². The van der Waals surface area contributed by atoms with Crippen molar-refractivity contribution in [3.05, 3.63) is 40.6 Å². The van der Waals surface area contributed by atoms with Gasteiger partial charge in [-0.2, -0.15) is 13.2 Å². The molecule has 0 aromatic heterocycles. The molecule has 1 aliphatic heterocycles. The molecule has 118 valence electrons. The summed E-state index contributed by atoms with van der Waals surface area (Å²) in [5.41, 5.74) is -1.58. The van der Waals surface area contributed by atoms with Crippen LogP contribution in [0.15, 0.2) is 24.3 Å². The van der Waals surface area contributed by atoms with Crippen molar-refractivity contribution < 1.29 is 13.2 Å². The first-order valence-electron chi connectivity index (χ1n) is 7.35. The largest absolute Gasteiger partial charge is 0.784 e. The summed E-state index contributed by atoms with van der Waals surface area (Å²) in [6, 6.07) is 5.17. The number of benzene rings is 1. The van der Waals surface area contributed by atoms with Gasteiger partial charge in [0.2, 0.25) is 0 Å². The molecule has 0 saturated carbocycles. The lowest BCUT2D eigenvalue weighted by atomic mass is 9.88. The maximum atomic E-state index is 12.9. The smallest absolute Gasteiger partial charge is 0.416 e. The van der Waals surface area contributed by atoms with Gasteiger partial charge in [0, 0.05) is 11.1 Å². The molecule has 1 aromatic rings. The average Bonchev–Trinajstić information content (AvgIpc) is 2.73. The molecule has 1 atom stereocenters. The molecular weight excluding hydrogens is 279 g/mol. The van der Waals surface area contributed by atoms with Crippen LogP contribution in [0.3, 0.4) is 0 Å². The Hall–Kier alpha value is -1.07. The minimum absolute atomic E-state index is 0.455. The standard InChI is InChI=1S/C16H21F3NO/c1-4-15(5-2)10-9-14(3,20(15)21)12-7-6-8-13(11-12)16(17,18)19/h6-8,11H,4-5,9-10H2,1-3H3/q-1. The molecule has 1 saturated heterocycles. The third-order valence-corrected chi connectivity index (χ3v) is 5.08. The van der Waals surface area contributed by atoms with Crippen molar-refractivity contribution in [3.63, 3.8) is 0 Å². The van der Waals surface area contributed by atoms with Gasteiger partial charge in [0.05, 0.1) is 5.56 Å². The van der Waals surface area contributed by atoms with Crippen LogP contribution in [-0.4, -0.2) is 10.6 Å². The molecule has 0 radical (unpaired) electrons. The second-order valence-electron chi connectivity index (χ2n) is 6.08. The summed E-state index contributed by atoms with van der Waals surface area (Å²) in [4.78, 5) is 0. The third kappa shape index (κ3) is 2.57. The second-order valence-corrected chi connectivity index (χ2v) is 6.08. The monoisotopic (exact) mass is 300 g/mol. The number of alkyl halides is 3. The van der Waals surface area contributed by atoms with Crippen molar-refractivity contribution in [1.29, 1.82) is 0 Å². The van der Waals surface area contributed by atoms with E-state index in [-0.39, 0.29) is 0 Å². The third-order valence-electron chi connectivity index (χ3n) is 5.08. The van der Waals surface area contributed by atoms with Crippen molar-refractivity contribution in [2.75, 3.05) is 0 Å². The van der Waals surface area contributed by atoms with Gasteiger partial charge in [-0.05, 0) is 50.3 Å². The molecule has 2 rings (SSSR count). The Labute approximate surface area is 123 Å². The first-order chi connectivity index (χ1) is 9.69. The Bertz CT molecular complexity index is 510. The summed E-state index contributed by atoms with van der Waals surface area (Å²) < 4.78 is 38.6. The van der Waals surface area contributed by atoms with Crippen molar-refractivity contribution in [3.8, 4) is 0 Å². The van der Waals surface area contributed by atoms with Gasteiger partial charge < -0.3 is 10.3 Å². The van der Waals surface area contributed by atoms with Crippen LogP contribution in [0.4, 0.5) is 13.2 Å². The molecule has 1 aliphatic rings. The molecular formula is C16H21F3NO-. The second kappa shape index (κ2) is 5.29. The van der Waals surface area contributed by atoms with Crippen LogP contribution in [0.25, 0.3) is 0 Å². The number of hydroxylamine groups is 2. The van der Waals surface area contributed by atoms with Crippen LogP contribution in [0.1, 0.15) is 57.6 Å². The predicted molar refractivity (Wildman–Crippen MR) is 76.5 cm³/mol. The number of hydrogen-bond acceptors (Lipinski definition) is 2. The van der Waals surface area contributed by atoms with Crippen LogP contribution in [0, 0.1) is 5.21 Å². The van der Waals surface area contributed by atoms with Gasteiger partial charge in [-0.3, -0.25) is 0 Å². The molecule has 1 heterocycles. The molecule has 0 amide bonds. The molecule has 5 heteroatoms. The zero-order valence-electron chi connectivity index (χ0n) is 12.6. The SMILES string of the molecule is CCC1(CC)CCC(C)(c2cccc(C(F)(F)F)c2)N1[O-]. The summed E-state index contributed by atoms with van der Waals surface area (Å²) >= 11 is 0. The summed E-state index contributed by atoms with van der Waals surface area (Å²) in [7, 11) is 0. The van der Waals surface area contributed by atoms with Crippen LogP contribution in [-0.2, 0) is 11.7 Å². The van der Waals surface area contributed by atoms with E-state index in [4.69, 9.17) is 0 Å². The minimum atomic E-state index is -4.38. The Balaban J connectivity index is 2.42. The van der Waals surface area contributed by atoms with Crippen molar-refractivity contribution in [1.82, 2.24) is 5.06 Å².